The lowest BCUT2D eigenvalue weighted by Crippen LogP contribution is -2.19. The molecule has 0 heterocycles. The van der Waals surface area contributed by atoms with Crippen molar-refractivity contribution in [2.45, 2.75) is 31.1 Å². The Morgan fingerprint density at radius 1 is 1.50 bits per heavy atom. The first-order chi connectivity index (χ1) is 7.80. The highest BCUT2D eigenvalue weighted by Crippen LogP contribution is 2.60. The third-order valence-electron chi connectivity index (χ3n) is 4.37. The third-order valence-corrected chi connectivity index (χ3v) is 4.37. The molecule has 0 radical (unpaired) electrons. The molecule has 2 unspecified atom stereocenters. The number of aryl methyl sites for hydroxylation is 1. The van der Waals surface area contributed by atoms with E-state index in [2.05, 4.69) is 18.2 Å². The number of rotatable bonds is 2. The second kappa shape index (κ2) is 3.49. The van der Waals surface area contributed by atoms with E-state index in [4.69, 9.17) is 4.74 Å². The lowest BCUT2D eigenvalue weighted by atomic mass is 9.78. The molecule has 0 saturated heterocycles. The van der Waals surface area contributed by atoms with E-state index in [1.807, 2.05) is 0 Å². The van der Waals surface area contributed by atoms with Crippen LogP contribution < -0.4 is 4.74 Å². The standard InChI is InChI=1S/C14H18O2/c1-16-12-4-5-13-10(7-12)3-2-6-14(13)8-11(14)9-15/h4-5,7,11,15H,2-3,6,8-9H2,1H3. The van der Waals surface area contributed by atoms with Gasteiger partial charge in [0.05, 0.1) is 7.11 Å². The van der Waals surface area contributed by atoms with Gasteiger partial charge in [0, 0.05) is 12.0 Å². The van der Waals surface area contributed by atoms with Crippen molar-refractivity contribution < 1.29 is 9.84 Å². The number of methoxy groups -OCH3 is 1. The van der Waals surface area contributed by atoms with Crippen molar-refractivity contribution in [3.05, 3.63) is 29.3 Å². The van der Waals surface area contributed by atoms with E-state index < -0.39 is 0 Å². The summed E-state index contributed by atoms with van der Waals surface area (Å²) >= 11 is 0. The molecule has 2 aliphatic rings. The highest BCUT2D eigenvalue weighted by molar-refractivity contribution is 5.46. The second-order valence-corrected chi connectivity index (χ2v) is 5.12. The average molecular weight is 218 g/mol. The lowest BCUT2D eigenvalue weighted by molar-refractivity contribution is 0.259. The summed E-state index contributed by atoms with van der Waals surface area (Å²) in [6, 6.07) is 6.44. The molecule has 0 aliphatic heterocycles. The molecule has 0 bridgehead atoms. The molecule has 2 aliphatic carbocycles. The molecule has 0 amide bonds. The summed E-state index contributed by atoms with van der Waals surface area (Å²) in [5, 5.41) is 9.33. The van der Waals surface area contributed by atoms with Crippen molar-refractivity contribution in [2.24, 2.45) is 5.92 Å². The van der Waals surface area contributed by atoms with Gasteiger partial charge in [-0.25, -0.2) is 0 Å². The second-order valence-electron chi connectivity index (χ2n) is 5.12. The van der Waals surface area contributed by atoms with Gasteiger partial charge in [-0.2, -0.15) is 0 Å². The number of hydrogen-bond acceptors (Lipinski definition) is 2. The molecule has 1 fully saturated rings. The average Bonchev–Trinajstić information content (AvgIpc) is 3.03. The van der Waals surface area contributed by atoms with Crippen LogP contribution in [0.25, 0.3) is 0 Å². The smallest absolute Gasteiger partial charge is 0.119 e. The van der Waals surface area contributed by atoms with Gasteiger partial charge in [-0.1, -0.05) is 6.07 Å². The maximum Gasteiger partial charge on any atom is 0.119 e. The maximum absolute atomic E-state index is 9.33. The Kier molecular flexibility index (Phi) is 2.21. The molecule has 1 spiro atoms. The van der Waals surface area contributed by atoms with Crippen LogP contribution in [0.2, 0.25) is 0 Å². The Bertz CT molecular complexity index is 413. The van der Waals surface area contributed by atoms with E-state index in [0.29, 0.717) is 17.9 Å². The Hall–Kier alpha value is -1.02. The predicted octanol–water partition coefficient (Wildman–Crippen LogP) is 2.28. The number of hydrogen-bond donors (Lipinski definition) is 1. The Morgan fingerprint density at radius 3 is 3.06 bits per heavy atom. The molecule has 1 saturated carbocycles. The first kappa shape index (κ1) is 10.2. The van der Waals surface area contributed by atoms with E-state index in [9.17, 15) is 5.11 Å². The number of ether oxygens (including phenoxy) is 1. The van der Waals surface area contributed by atoms with Gasteiger partial charge in [-0.3, -0.25) is 0 Å². The van der Waals surface area contributed by atoms with E-state index in [0.717, 1.165) is 12.2 Å². The number of fused-ring (bicyclic) bond motifs is 2. The van der Waals surface area contributed by atoms with Crippen LogP contribution in [-0.4, -0.2) is 18.8 Å². The van der Waals surface area contributed by atoms with Gasteiger partial charge in [-0.15, -0.1) is 0 Å². The third kappa shape index (κ3) is 1.29. The van der Waals surface area contributed by atoms with Gasteiger partial charge in [0.2, 0.25) is 0 Å². The van der Waals surface area contributed by atoms with E-state index in [1.165, 1.54) is 30.4 Å². The summed E-state index contributed by atoms with van der Waals surface area (Å²) in [5.41, 5.74) is 3.22. The van der Waals surface area contributed by atoms with Crippen LogP contribution in [-0.2, 0) is 11.8 Å². The molecule has 2 heteroatoms. The Morgan fingerprint density at radius 2 is 2.38 bits per heavy atom. The van der Waals surface area contributed by atoms with Crippen LogP contribution in [0.15, 0.2) is 18.2 Å². The molecular formula is C14H18O2. The van der Waals surface area contributed by atoms with Crippen molar-refractivity contribution >= 4 is 0 Å². The molecule has 0 aromatic heterocycles. The number of aliphatic hydroxyl groups is 1. The van der Waals surface area contributed by atoms with Crippen LogP contribution in [0.1, 0.15) is 30.4 Å². The van der Waals surface area contributed by atoms with Crippen molar-refractivity contribution in [2.75, 3.05) is 13.7 Å². The van der Waals surface area contributed by atoms with E-state index in [1.54, 1.807) is 7.11 Å². The van der Waals surface area contributed by atoms with Crippen molar-refractivity contribution in [1.82, 2.24) is 0 Å². The fourth-order valence-corrected chi connectivity index (χ4v) is 3.37. The molecule has 2 atom stereocenters. The molecule has 16 heavy (non-hydrogen) atoms. The summed E-state index contributed by atoms with van der Waals surface area (Å²) in [6.07, 6.45) is 4.82. The topological polar surface area (TPSA) is 29.5 Å². The van der Waals surface area contributed by atoms with Gasteiger partial charge in [0.15, 0.2) is 0 Å². The van der Waals surface area contributed by atoms with Gasteiger partial charge in [-0.05, 0) is 54.9 Å². The minimum absolute atomic E-state index is 0.314. The first-order valence-corrected chi connectivity index (χ1v) is 6.08. The molecular weight excluding hydrogens is 200 g/mol. The Balaban J connectivity index is 2.01. The molecule has 3 rings (SSSR count). The maximum atomic E-state index is 9.33. The largest absolute Gasteiger partial charge is 0.497 e. The van der Waals surface area contributed by atoms with Crippen LogP contribution >= 0.6 is 0 Å². The molecule has 1 aromatic rings. The minimum Gasteiger partial charge on any atom is -0.497 e. The van der Waals surface area contributed by atoms with Gasteiger partial charge >= 0.3 is 0 Å². The zero-order chi connectivity index (χ0) is 11.2. The summed E-state index contributed by atoms with van der Waals surface area (Å²) < 4.78 is 5.27. The zero-order valence-corrected chi connectivity index (χ0v) is 9.70. The van der Waals surface area contributed by atoms with Gasteiger partial charge < -0.3 is 9.84 Å². The Labute approximate surface area is 96.2 Å². The fourth-order valence-electron chi connectivity index (χ4n) is 3.37. The minimum atomic E-state index is 0.314. The number of benzene rings is 1. The van der Waals surface area contributed by atoms with Gasteiger partial charge in [0.25, 0.3) is 0 Å². The van der Waals surface area contributed by atoms with Gasteiger partial charge in [0.1, 0.15) is 5.75 Å². The van der Waals surface area contributed by atoms with E-state index in [-0.39, 0.29) is 0 Å². The summed E-state index contributed by atoms with van der Waals surface area (Å²) in [7, 11) is 1.72. The summed E-state index contributed by atoms with van der Waals surface area (Å²) in [4.78, 5) is 0. The highest BCUT2D eigenvalue weighted by Gasteiger charge is 2.55. The molecule has 1 aromatic carbocycles. The van der Waals surface area contributed by atoms with Crippen molar-refractivity contribution in [3.63, 3.8) is 0 Å². The first-order valence-electron chi connectivity index (χ1n) is 6.08. The fraction of sp³-hybridized carbons (Fsp3) is 0.571. The summed E-state index contributed by atoms with van der Waals surface area (Å²) in [5.74, 6) is 1.46. The summed E-state index contributed by atoms with van der Waals surface area (Å²) in [6.45, 7) is 0.339. The molecule has 2 nitrogen and oxygen atoms in total. The van der Waals surface area contributed by atoms with Crippen LogP contribution in [0.4, 0.5) is 0 Å². The monoisotopic (exact) mass is 218 g/mol. The predicted molar refractivity (Wildman–Crippen MR) is 62.8 cm³/mol. The molecule has 86 valence electrons. The highest BCUT2D eigenvalue weighted by atomic mass is 16.5. The quantitative estimate of drug-likeness (QED) is 0.825. The van der Waals surface area contributed by atoms with E-state index >= 15 is 0 Å². The van der Waals surface area contributed by atoms with Crippen molar-refractivity contribution in [1.29, 1.82) is 0 Å². The lowest BCUT2D eigenvalue weighted by Gasteiger charge is -2.26. The zero-order valence-electron chi connectivity index (χ0n) is 9.70. The van der Waals surface area contributed by atoms with Crippen LogP contribution in [0, 0.1) is 5.92 Å². The van der Waals surface area contributed by atoms with Crippen LogP contribution in [0.3, 0.4) is 0 Å². The number of aliphatic hydroxyl groups excluding tert-OH is 1. The molecule has 1 N–H and O–H groups in total. The van der Waals surface area contributed by atoms with Crippen molar-refractivity contribution in [3.8, 4) is 5.75 Å². The van der Waals surface area contributed by atoms with Crippen LogP contribution in [0.5, 0.6) is 5.75 Å². The normalized spacial score (nSPS) is 31.2. The SMILES string of the molecule is COc1ccc2c(c1)CCCC21CC1CO.